The first-order valence-electron chi connectivity index (χ1n) is 38.2. The number of amides is 6. The van der Waals surface area contributed by atoms with Gasteiger partial charge in [0.15, 0.2) is 24.9 Å². The highest BCUT2D eigenvalue weighted by atomic mass is 31.2. The summed E-state index contributed by atoms with van der Waals surface area (Å²) in [6.45, 7) is 36.9. The third kappa shape index (κ3) is 26.7. The van der Waals surface area contributed by atoms with Crippen molar-refractivity contribution in [3.63, 3.8) is 0 Å². The average Bonchev–Trinajstić information content (AvgIpc) is 1.35. The van der Waals surface area contributed by atoms with Crippen molar-refractivity contribution in [2.75, 3.05) is 104 Å². The molecule has 5 fully saturated rings. The Morgan fingerprint density at radius 2 is 0.930 bits per heavy atom. The summed E-state index contributed by atoms with van der Waals surface area (Å²) in [6, 6.07) is -0.503. The number of carbonyl (C=O) groups is 5. The minimum Gasteiger partial charge on any atom is -0.388 e. The van der Waals surface area contributed by atoms with Gasteiger partial charge in [0.05, 0.1) is 42.8 Å². The van der Waals surface area contributed by atoms with Crippen LogP contribution < -0.4 is 32.5 Å². The molecule has 0 radical (unpaired) electrons. The number of nitrogens with zero attached hydrogens (tertiary/aromatic N) is 5. The van der Waals surface area contributed by atoms with Gasteiger partial charge in [-0.05, 0) is 157 Å². The lowest BCUT2D eigenvalue weighted by Gasteiger charge is -2.37. The van der Waals surface area contributed by atoms with Gasteiger partial charge in [-0.3, -0.25) is 28.7 Å². The van der Waals surface area contributed by atoms with E-state index in [9.17, 15) is 84.6 Å². The monoisotopic (exact) mass is 1710 g/mol. The van der Waals surface area contributed by atoms with Crippen molar-refractivity contribution in [2.24, 2.45) is 5.92 Å². The van der Waals surface area contributed by atoms with Gasteiger partial charge in [0, 0.05) is 55.0 Å². The van der Waals surface area contributed by atoms with Crippen LogP contribution in [0.1, 0.15) is 84.4 Å². The van der Waals surface area contributed by atoms with E-state index in [1.54, 1.807) is 13.0 Å². The van der Waals surface area contributed by atoms with Crippen LogP contribution in [0.15, 0.2) is 102 Å². The van der Waals surface area contributed by atoms with E-state index in [1.165, 1.54) is 86.9 Å². The van der Waals surface area contributed by atoms with Crippen LogP contribution in [0, 0.1) is 5.92 Å². The third-order valence-corrected chi connectivity index (χ3v) is 28.0. The molecule has 10 heterocycles. The Balaban J connectivity index is 0.000000224. The lowest BCUT2D eigenvalue weighted by atomic mass is 9.94. The number of imide groups is 1. The zero-order chi connectivity index (χ0) is 87.0. The summed E-state index contributed by atoms with van der Waals surface area (Å²) in [7, 11) is 0. The molecule has 1 aromatic heterocycles. The number of hydrogen-bond donors (Lipinski definition) is 15. The van der Waals surface area contributed by atoms with Crippen molar-refractivity contribution in [1.29, 1.82) is 0 Å². The molecule has 0 saturated carbocycles. The number of rotatable bonds is 25. The first-order valence-corrected chi connectivity index (χ1v) is 53.5. The van der Waals surface area contributed by atoms with Crippen LogP contribution in [-0.2, 0) is 49.3 Å². The predicted molar refractivity (Wildman–Crippen MR) is 462 cm³/mol. The summed E-state index contributed by atoms with van der Waals surface area (Å²) >= 11 is 0. The molecule has 37 heteroatoms. The largest absolute Gasteiger partial charge is 0.498 e. The third-order valence-electron chi connectivity index (χ3n) is 20.7. The smallest absolute Gasteiger partial charge is 0.388 e. The zero-order valence-corrected chi connectivity index (χ0v) is 73.7. The van der Waals surface area contributed by atoms with Gasteiger partial charge in [0.1, 0.15) is 89.5 Å². The maximum absolute atomic E-state index is 12.2. The lowest BCUT2D eigenvalue weighted by molar-refractivity contribution is -0.427. The molecule has 10 rings (SSSR count). The molecule has 1 unspecified atom stereocenters. The van der Waals surface area contributed by atoms with Crippen LogP contribution in [0.4, 0.5) is 4.79 Å². The number of aliphatic hydroxyl groups excluding tert-OH is 8. The molecule has 9 aliphatic heterocycles. The Kier molecular flexibility index (Phi) is 33.9. The van der Waals surface area contributed by atoms with E-state index >= 15 is 0 Å². The van der Waals surface area contributed by atoms with Gasteiger partial charge in [0.2, 0.25) is 0 Å². The molecule has 32 nitrogen and oxygen atoms in total. The molecule has 15 N–H and O–H groups in total. The number of aryl methyl sites for hydroxylation is 1. The topological polar surface area (TPSA) is 450 Å². The Labute approximate surface area is 676 Å². The SMILES string of the molecule is C=C1NC(=O)C=CN1[C@@H]1O[C@H](CCP(=C)(C)C)[C@@H](O)[C@@]1(C)O.C=C1NC(=O)C=CN1[C@@H]1O[C@H](CCP(=C)(C)C)[C@@H](O)[C@]1(C)O.C=C1NC(=O)C=CN1[C@@H]1O[C@](C)(CCP(=C)(C)C)[C@@H](O)[C@H]1O.C=CCC[N+]1=CC([C@@H]2O[C@H](CCP(=C)(C)C)[C@@H](O)[C@H]2O)C(=O)NC1=O.C=P(C)(C)CC[C@H]1O[C@@H](n2cc(CCC)c(=O)[nH]c2=O)[C@H](O)[C@@H]1O. The van der Waals surface area contributed by atoms with Crippen LogP contribution in [-0.4, -0.2) is 366 Å². The van der Waals surface area contributed by atoms with Crippen molar-refractivity contribution in [3.8, 4) is 0 Å². The number of H-pyrrole nitrogens is 1. The minimum atomic E-state index is -1.47. The standard InChI is InChI=1S/C17H27N2O5P.C16H27N2O5P.3C15H25N2O4P/c1-5-6-8-19-10-11(16(22)18-17(19)23)15-14(21)13(20)12(24-15)7-9-25(2,3)4;1-5-6-10-9-18(16(22)17-14(10)21)15-13(20)12(19)11(23-15)7-8-24(2,3)4;2*1-10-16-12(18)6-8-17(10)14-15(2,20)13(19)11(21-14)7-9-22(3,4)5;1-10-16-11(18)6-8-17(10)14-12(19)13(20)15(2,21-14)7-9-22(3,4)5/h5,10-15,20-21H,1-2,6-9H2,3-4H3;9,11-13,15,19-20H,2,5-8H2,1,3-4H3,(H,17,21,22);2*6,8,11,13-14,19-20H,1,3,7,9H2,2,4-5H3,(H,16,18);6,8,12-14,19-20H,1,3,7,9H2,2,4-5H3,(H,16,18)/p+1/t11?,12-,13-,14-,15+;11-,12-,13-,15-;11-,13-,14-,15+;11-,13-,14-,15-;12-,13+,14-,15-/m11111/s1. The number of hydrogen-bond acceptors (Lipinski definition) is 25. The Morgan fingerprint density at radius 3 is 1.34 bits per heavy atom. The van der Waals surface area contributed by atoms with Gasteiger partial charge in [-0.25, -0.2) is 14.2 Å². The second-order valence-electron chi connectivity index (χ2n) is 34.8. The van der Waals surface area contributed by atoms with Crippen molar-refractivity contribution in [2.45, 2.75) is 200 Å². The van der Waals surface area contributed by atoms with Gasteiger partial charge >= 0.3 is 17.6 Å². The number of nitrogens with one attached hydrogen (secondary N) is 5. The van der Waals surface area contributed by atoms with Crippen molar-refractivity contribution in [1.82, 2.24) is 45.5 Å². The molecule has 1 aromatic rings. The fourth-order valence-corrected chi connectivity index (χ4v) is 18.6. The molecule has 5 saturated heterocycles. The fourth-order valence-electron chi connectivity index (χ4n) is 13.8. The second kappa shape index (κ2) is 39.7. The van der Waals surface area contributed by atoms with Crippen LogP contribution in [0.25, 0.3) is 0 Å². The molecule has 9 aliphatic rings. The summed E-state index contributed by atoms with van der Waals surface area (Å²) in [5, 5.41) is 114. The van der Waals surface area contributed by atoms with Crippen molar-refractivity contribution >= 4 is 102 Å². The number of urea groups is 1. The second-order valence-corrected chi connectivity index (χ2v) is 56.4. The highest BCUT2D eigenvalue weighted by Gasteiger charge is 2.58. The maximum atomic E-state index is 12.2. The van der Waals surface area contributed by atoms with E-state index in [1.807, 2.05) is 6.92 Å². The number of aliphatic hydroxyl groups is 10. The Bertz CT molecular complexity index is 4140. The maximum Gasteiger partial charge on any atom is 0.498 e. The van der Waals surface area contributed by atoms with Crippen molar-refractivity contribution in [3.05, 3.63) is 119 Å². The summed E-state index contributed by atoms with van der Waals surface area (Å²) < 4.78 is 31.9. The van der Waals surface area contributed by atoms with Crippen LogP contribution in [0.5, 0.6) is 0 Å². The lowest BCUT2D eigenvalue weighted by Crippen LogP contribution is -2.53. The van der Waals surface area contributed by atoms with Crippen molar-refractivity contribution < 1.29 is 103 Å². The molecular formula is C78H130N10O22P5+. The van der Waals surface area contributed by atoms with Gasteiger partial charge < -0.3 is 105 Å². The summed E-state index contributed by atoms with van der Waals surface area (Å²) in [4.78, 5) is 88.7. The van der Waals surface area contributed by atoms with E-state index in [-0.39, 0.29) is 17.7 Å². The van der Waals surface area contributed by atoms with E-state index < -0.39 is 185 Å². The van der Waals surface area contributed by atoms with Crippen LogP contribution in [0.3, 0.4) is 0 Å². The molecule has 6 amide bonds. The number of aromatic nitrogens is 2. The van der Waals surface area contributed by atoms with Crippen LogP contribution >= 0.6 is 34.4 Å². The molecule has 648 valence electrons. The number of aromatic amines is 1. The molecule has 0 aliphatic carbocycles. The Hall–Kier alpha value is -5.62. The molecule has 0 spiro atoms. The number of carbonyl (C=O) groups excluding carboxylic acids is 5. The van der Waals surface area contributed by atoms with Gasteiger partial charge in [-0.15, -0.1) is 72.5 Å². The Morgan fingerprint density at radius 1 is 0.522 bits per heavy atom. The minimum absolute atomic E-state index is 0.277. The molecule has 0 bridgehead atoms. The first-order chi connectivity index (χ1) is 52.8. The normalized spacial score (nSPS) is 33.5. The molecular weight excluding hydrogens is 1580 g/mol. The molecule has 115 heavy (non-hydrogen) atoms. The quantitative estimate of drug-likeness (QED) is 0.0373. The summed E-state index contributed by atoms with van der Waals surface area (Å²) in [5.41, 5.74) is -4.41. The summed E-state index contributed by atoms with van der Waals surface area (Å²) in [6.07, 6.45) is 27.9. The highest BCUT2D eigenvalue weighted by Crippen LogP contribution is 2.47. The van der Waals surface area contributed by atoms with E-state index in [0.717, 1.165) is 37.2 Å². The number of ether oxygens (including phenoxy) is 5. The van der Waals surface area contributed by atoms with Crippen LogP contribution in [0.2, 0.25) is 0 Å². The fraction of sp³-hybridized carbons (Fsp3) is 0.628. The average molecular weight is 1710 g/mol. The van der Waals surface area contributed by atoms with Gasteiger partial charge in [0.25, 0.3) is 23.3 Å². The van der Waals surface area contributed by atoms with E-state index in [2.05, 4.69) is 151 Å². The predicted octanol–water partition coefficient (Wildman–Crippen LogP) is 1.33. The highest BCUT2D eigenvalue weighted by molar-refractivity contribution is 7.73. The first kappa shape index (κ1) is 98.2. The molecule has 21 atom stereocenters. The van der Waals surface area contributed by atoms with E-state index in [4.69, 9.17) is 23.7 Å². The van der Waals surface area contributed by atoms with Gasteiger partial charge in [-0.1, -0.05) is 39.2 Å². The van der Waals surface area contributed by atoms with E-state index in [0.29, 0.717) is 74.5 Å². The summed E-state index contributed by atoms with van der Waals surface area (Å²) in [5.74, 6) is -1.24. The zero-order valence-electron chi connectivity index (χ0n) is 69.2. The van der Waals surface area contributed by atoms with Gasteiger partial charge in [-0.2, -0.15) is 10.1 Å². The molecule has 0 aromatic carbocycles.